The SMILES string of the molecule is Cl.OCCC[C@@H](c1cc(F)c(F)c(F)c1)N1CCNCC1. The fourth-order valence-corrected chi connectivity index (χ4v) is 2.61. The molecular formula is C14H20ClF3N2O. The Morgan fingerprint density at radius 1 is 1.14 bits per heavy atom. The molecule has 0 aromatic heterocycles. The smallest absolute Gasteiger partial charge is 0.194 e. The first-order valence-corrected chi connectivity index (χ1v) is 6.83. The molecule has 3 nitrogen and oxygen atoms in total. The van der Waals surface area contributed by atoms with Crippen molar-refractivity contribution in [3.63, 3.8) is 0 Å². The Hall–Kier alpha value is -0.820. The van der Waals surface area contributed by atoms with Crippen molar-refractivity contribution >= 4 is 12.4 Å². The number of nitrogens with zero attached hydrogens (tertiary/aromatic N) is 1. The summed E-state index contributed by atoms with van der Waals surface area (Å²) in [5.41, 5.74) is 0.428. The van der Waals surface area contributed by atoms with Gasteiger partial charge in [-0.15, -0.1) is 12.4 Å². The third-order valence-electron chi connectivity index (χ3n) is 3.62. The summed E-state index contributed by atoms with van der Waals surface area (Å²) >= 11 is 0. The second-order valence-corrected chi connectivity index (χ2v) is 4.97. The van der Waals surface area contributed by atoms with Crippen molar-refractivity contribution in [1.29, 1.82) is 0 Å². The fourth-order valence-electron chi connectivity index (χ4n) is 2.61. The van der Waals surface area contributed by atoms with Crippen LogP contribution in [0.4, 0.5) is 13.2 Å². The molecule has 0 radical (unpaired) electrons. The Kier molecular flexibility index (Phi) is 7.45. The summed E-state index contributed by atoms with van der Waals surface area (Å²) in [6, 6.07) is 1.92. The van der Waals surface area contributed by atoms with E-state index in [9.17, 15) is 13.2 Å². The van der Waals surface area contributed by atoms with E-state index in [1.807, 2.05) is 0 Å². The second-order valence-electron chi connectivity index (χ2n) is 4.97. The Morgan fingerprint density at radius 2 is 1.71 bits per heavy atom. The molecule has 120 valence electrons. The first-order valence-electron chi connectivity index (χ1n) is 6.83. The predicted octanol–water partition coefficient (Wildman–Crippen LogP) is 2.24. The summed E-state index contributed by atoms with van der Waals surface area (Å²) in [7, 11) is 0. The molecule has 1 aromatic carbocycles. The highest BCUT2D eigenvalue weighted by molar-refractivity contribution is 5.85. The molecule has 0 saturated carbocycles. The Balaban J connectivity index is 0.00000220. The lowest BCUT2D eigenvalue weighted by atomic mass is 9.99. The highest BCUT2D eigenvalue weighted by Crippen LogP contribution is 2.28. The minimum absolute atomic E-state index is 0. The van der Waals surface area contributed by atoms with Gasteiger partial charge in [-0.1, -0.05) is 0 Å². The monoisotopic (exact) mass is 324 g/mol. The van der Waals surface area contributed by atoms with Crippen molar-refractivity contribution in [2.24, 2.45) is 0 Å². The maximum Gasteiger partial charge on any atom is 0.194 e. The maximum absolute atomic E-state index is 13.4. The van der Waals surface area contributed by atoms with Gasteiger partial charge in [-0.25, -0.2) is 13.2 Å². The molecule has 1 saturated heterocycles. The number of aliphatic hydroxyl groups is 1. The number of aliphatic hydroxyl groups excluding tert-OH is 1. The third kappa shape index (κ3) is 4.57. The number of piperazine rings is 1. The molecule has 1 fully saturated rings. The van der Waals surface area contributed by atoms with Crippen molar-refractivity contribution in [3.05, 3.63) is 35.1 Å². The van der Waals surface area contributed by atoms with Gasteiger partial charge in [-0.3, -0.25) is 4.90 Å². The lowest BCUT2D eigenvalue weighted by molar-refractivity contribution is 0.154. The molecule has 0 spiro atoms. The Morgan fingerprint density at radius 3 is 2.24 bits per heavy atom. The van der Waals surface area contributed by atoms with Crippen LogP contribution in [-0.4, -0.2) is 42.8 Å². The van der Waals surface area contributed by atoms with E-state index in [1.165, 1.54) is 0 Å². The van der Waals surface area contributed by atoms with Gasteiger partial charge in [0, 0.05) is 38.8 Å². The first kappa shape index (κ1) is 18.2. The zero-order valence-corrected chi connectivity index (χ0v) is 12.4. The molecule has 1 heterocycles. The van der Waals surface area contributed by atoms with Gasteiger partial charge in [0.15, 0.2) is 17.5 Å². The van der Waals surface area contributed by atoms with E-state index < -0.39 is 17.5 Å². The van der Waals surface area contributed by atoms with Gasteiger partial charge in [-0.05, 0) is 30.5 Å². The summed E-state index contributed by atoms with van der Waals surface area (Å²) in [6.07, 6.45) is 1.12. The van der Waals surface area contributed by atoms with E-state index in [-0.39, 0.29) is 25.1 Å². The molecule has 0 bridgehead atoms. The number of rotatable bonds is 5. The van der Waals surface area contributed by atoms with Crippen molar-refractivity contribution in [1.82, 2.24) is 10.2 Å². The van der Waals surface area contributed by atoms with Crippen molar-refractivity contribution < 1.29 is 18.3 Å². The maximum atomic E-state index is 13.4. The van der Waals surface area contributed by atoms with Crippen molar-refractivity contribution in [2.75, 3.05) is 32.8 Å². The zero-order chi connectivity index (χ0) is 14.5. The summed E-state index contributed by atoms with van der Waals surface area (Å²) in [4.78, 5) is 2.11. The van der Waals surface area contributed by atoms with E-state index in [0.29, 0.717) is 18.4 Å². The van der Waals surface area contributed by atoms with Crippen LogP contribution < -0.4 is 5.32 Å². The van der Waals surface area contributed by atoms with Gasteiger partial charge in [-0.2, -0.15) is 0 Å². The largest absolute Gasteiger partial charge is 0.396 e. The fraction of sp³-hybridized carbons (Fsp3) is 0.571. The van der Waals surface area contributed by atoms with Gasteiger partial charge < -0.3 is 10.4 Å². The van der Waals surface area contributed by atoms with E-state index >= 15 is 0 Å². The van der Waals surface area contributed by atoms with Crippen molar-refractivity contribution in [3.8, 4) is 0 Å². The highest BCUT2D eigenvalue weighted by atomic mass is 35.5. The van der Waals surface area contributed by atoms with E-state index in [0.717, 1.165) is 38.3 Å². The highest BCUT2D eigenvalue weighted by Gasteiger charge is 2.24. The summed E-state index contributed by atoms with van der Waals surface area (Å²) < 4.78 is 39.8. The summed E-state index contributed by atoms with van der Waals surface area (Å²) in [5.74, 6) is -3.76. The van der Waals surface area contributed by atoms with Crippen LogP contribution in [0.3, 0.4) is 0 Å². The Bertz CT molecular complexity index is 433. The van der Waals surface area contributed by atoms with Gasteiger partial charge in [0.1, 0.15) is 0 Å². The van der Waals surface area contributed by atoms with Crippen LogP contribution in [0.15, 0.2) is 12.1 Å². The number of hydrogen-bond donors (Lipinski definition) is 2. The minimum Gasteiger partial charge on any atom is -0.396 e. The zero-order valence-electron chi connectivity index (χ0n) is 11.6. The van der Waals surface area contributed by atoms with Gasteiger partial charge in [0.2, 0.25) is 0 Å². The molecule has 21 heavy (non-hydrogen) atoms. The van der Waals surface area contributed by atoms with Crippen LogP contribution in [0, 0.1) is 17.5 Å². The van der Waals surface area contributed by atoms with Crippen LogP contribution in [0.25, 0.3) is 0 Å². The molecule has 0 unspecified atom stereocenters. The van der Waals surface area contributed by atoms with Crippen LogP contribution in [0.5, 0.6) is 0 Å². The molecule has 1 aliphatic heterocycles. The number of halogens is 4. The number of benzene rings is 1. The molecule has 2 N–H and O–H groups in total. The lowest BCUT2D eigenvalue weighted by Crippen LogP contribution is -2.45. The molecule has 2 rings (SSSR count). The average molecular weight is 325 g/mol. The van der Waals surface area contributed by atoms with Gasteiger partial charge in [0.05, 0.1) is 0 Å². The molecule has 1 aromatic rings. The number of nitrogens with one attached hydrogen (secondary N) is 1. The van der Waals surface area contributed by atoms with Crippen LogP contribution >= 0.6 is 12.4 Å². The van der Waals surface area contributed by atoms with E-state index in [2.05, 4.69) is 10.2 Å². The topological polar surface area (TPSA) is 35.5 Å². The minimum atomic E-state index is -1.44. The molecular weight excluding hydrogens is 305 g/mol. The molecule has 1 aliphatic rings. The van der Waals surface area contributed by atoms with E-state index in [1.54, 1.807) is 0 Å². The summed E-state index contributed by atoms with van der Waals surface area (Å²) in [6.45, 7) is 3.16. The average Bonchev–Trinajstić information content (AvgIpc) is 2.46. The number of hydrogen-bond acceptors (Lipinski definition) is 3. The normalized spacial score (nSPS) is 17.3. The van der Waals surface area contributed by atoms with Crippen LogP contribution in [0.1, 0.15) is 24.4 Å². The van der Waals surface area contributed by atoms with Gasteiger partial charge >= 0.3 is 0 Å². The third-order valence-corrected chi connectivity index (χ3v) is 3.62. The first-order chi connectivity index (χ1) is 9.63. The van der Waals surface area contributed by atoms with Crippen LogP contribution in [0.2, 0.25) is 0 Å². The summed E-state index contributed by atoms with van der Waals surface area (Å²) in [5, 5.41) is 12.2. The molecule has 1 atom stereocenters. The van der Waals surface area contributed by atoms with Crippen LogP contribution in [-0.2, 0) is 0 Å². The second kappa shape index (κ2) is 8.58. The molecule has 0 amide bonds. The van der Waals surface area contributed by atoms with Gasteiger partial charge in [0.25, 0.3) is 0 Å². The standard InChI is InChI=1S/C14H19F3N2O.ClH/c15-11-8-10(9-12(16)14(11)17)13(2-1-7-20)19-5-3-18-4-6-19;/h8-9,13,18,20H,1-7H2;1H/t13-;/m0./s1. The Labute approximate surface area is 128 Å². The van der Waals surface area contributed by atoms with Crippen molar-refractivity contribution in [2.45, 2.75) is 18.9 Å². The quantitative estimate of drug-likeness (QED) is 0.816. The lowest BCUT2D eigenvalue weighted by Gasteiger charge is -2.35. The molecule has 7 heteroatoms. The predicted molar refractivity (Wildman–Crippen MR) is 77.1 cm³/mol. The van der Waals surface area contributed by atoms with E-state index in [4.69, 9.17) is 5.11 Å². The molecule has 0 aliphatic carbocycles.